The summed E-state index contributed by atoms with van der Waals surface area (Å²) in [6.07, 6.45) is 8.50. The van der Waals surface area contributed by atoms with Gasteiger partial charge in [-0.15, -0.1) is 0 Å². The van der Waals surface area contributed by atoms with Crippen LogP contribution in [-0.4, -0.2) is 30.6 Å². The van der Waals surface area contributed by atoms with Crippen LogP contribution in [0.4, 0.5) is 5.69 Å². The van der Waals surface area contributed by atoms with Gasteiger partial charge in [0, 0.05) is 35.7 Å². The second-order valence-corrected chi connectivity index (χ2v) is 10.5. The summed E-state index contributed by atoms with van der Waals surface area (Å²) in [5, 5.41) is 2.19. The molecule has 160 valence electrons. The van der Waals surface area contributed by atoms with Crippen molar-refractivity contribution in [1.29, 1.82) is 0 Å². The van der Waals surface area contributed by atoms with Gasteiger partial charge in [-0.1, -0.05) is 59.8 Å². The lowest BCUT2D eigenvalue weighted by Crippen LogP contribution is -2.57. The molecule has 1 unspecified atom stereocenters. The van der Waals surface area contributed by atoms with E-state index in [4.69, 9.17) is 34.8 Å². The molecule has 5 rings (SSSR count). The first-order valence-electron chi connectivity index (χ1n) is 11.3. The molecule has 0 amide bonds. The van der Waals surface area contributed by atoms with Crippen molar-refractivity contribution in [2.24, 2.45) is 11.8 Å². The zero-order chi connectivity index (χ0) is 20.7. The first kappa shape index (κ1) is 20.9. The van der Waals surface area contributed by atoms with E-state index in [2.05, 4.69) is 28.0 Å². The first-order chi connectivity index (χ1) is 14.6. The number of nitrogens with zero attached hydrogens (tertiary/aromatic N) is 2. The number of anilines is 1. The summed E-state index contributed by atoms with van der Waals surface area (Å²) in [4.78, 5) is 5.28. The fraction of sp³-hybridized carbons (Fsp3) is 0.520. The molecule has 1 heterocycles. The van der Waals surface area contributed by atoms with Gasteiger partial charge in [0.05, 0.1) is 16.8 Å². The van der Waals surface area contributed by atoms with Gasteiger partial charge in [0.1, 0.15) is 0 Å². The van der Waals surface area contributed by atoms with E-state index >= 15 is 0 Å². The normalized spacial score (nSPS) is 29.8. The van der Waals surface area contributed by atoms with Gasteiger partial charge in [-0.2, -0.15) is 0 Å². The quantitative estimate of drug-likeness (QED) is 0.465. The van der Waals surface area contributed by atoms with E-state index in [9.17, 15) is 0 Å². The Morgan fingerprint density at radius 2 is 1.37 bits per heavy atom. The molecule has 0 aromatic heterocycles. The molecule has 0 spiro atoms. The van der Waals surface area contributed by atoms with Crippen LogP contribution >= 0.6 is 34.8 Å². The summed E-state index contributed by atoms with van der Waals surface area (Å²) in [6, 6.07) is 15.2. The van der Waals surface area contributed by atoms with Crippen LogP contribution in [0, 0.1) is 11.8 Å². The molecule has 2 saturated carbocycles. The Morgan fingerprint density at radius 1 is 0.733 bits per heavy atom. The largest absolute Gasteiger partial charge is 0.361 e. The predicted octanol–water partition coefficient (Wildman–Crippen LogP) is 7.48. The molecule has 2 aromatic carbocycles. The third-order valence-corrected chi connectivity index (χ3v) is 8.36. The Morgan fingerprint density at radius 3 is 2.00 bits per heavy atom. The Bertz CT molecular complexity index is 862. The average molecular weight is 464 g/mol. The van der Waals surface area contributed by atoms with Crippen LogP contribution in [0.3, 0.4) is 0 Å². The van der Waals surface area contributed by atoms with Crippen molar-refractivity contribution in [3.8, 4) is 0 Å². The van der Waals surface area contributed by atoms with E-state index in [1.165, 1.54) is 44.1 Å². The van der Waals surface area contributed by atoms with Crippen LogP contribution in [0.25, 0.3) is 0 Å². The van der Waals surface area contributed by atoms with Gasteiger partial charge in [-0.3, -0.25) is 4.90 Å². The van der Waals surface area contributed by atoms with Crippen LogP contribution in [0.1, 0.15) is 50.1 Å². The number of benzene rings is 2. The van der Waals surface area contributed by atoms with Gasteiger partial charge in [-0.05, 0) is 73.4 Å². The van der Waals surface area contributed by atoms with Gasteiger partial charge < -0.3 is 4.90 Å². The van der Waals surface area contributed by atoms with Gasteiger partial charge in [0.25, 0.3) is 0 Å². The molecule has 3 fully saturated rings. The number of hydrogen-bond acceptors (Lipinski definition) is 2. The van der Waals surface area contributed by atoms with Crippen molar-refractivity contribution in [3.63, 3.8) is 0 Å². The van der Waals surface area contributed by atoms with Crippen LogP contribution in [0.15, 0.2) is 42.5 Å². The van der Waals surface area contributed by atoms with Crippen LogP contribution in [-0.2, 0) is 0 Å². The topological polar surface area (TPSA) is 6.48 Å². The van der Waals surface area contributed by atoms with Crippen molar-refractivity contribution in [1.82, 2.24) is 4.90 Å². The minimum absolute atomic E-state index is 0.261. The van der Waals surface area contributed by atoms with Crippen LogP contribution in [0.5, 0.6) is 0 Å². The molecule has 1 saturated heterocycles. The molecule has 2 aromatic rings. The van der Waals surface area contributed by atoms with E-state index in [-0.39, 0.29) is 6.04 Å². The van der Waals surface area contributed by atoms with Gasteiger partial charge >= 0.3 is 0 Å². The molecule has 0 N–H and O–H groups in total. The summed E-state index contributed by atoms with van der Waals surface area (Å²) in [5.74, 6) is 1.77. The molecule has 30 heavy (non-hydrogen) atoms. The fourth-order valence-corrected chi connectivity index (χ4v) is 6.93. The summed E-state index contributed by atoms with van der Waals surface area (Å²) in [5.41, 5.74) is 2.38. The minimum Gasteiger partial charge on any atom is -0.361 e. The number of rotatable bonds is 3. The van der Waals surface area contributed by atoms with Gasteiger partial charge in [0.15, 0.2) is 0 Å². The smallest absolute Gasteiger partial charge is 0.0670 e. The molecule has 5 heteroatoms. The lowest BCUT2D eigenvalue weighted by molar-refractivity contribution is 0.0103. The maximum Gasteiger partial charge on any atom is 0.0670 e. The highest BCUT2D eigenvalue weighted by atomic mass is 35.5. The van der Waals surface area contributed by atoms with Crippen molar-refractivity contribution < 1.29 is 0 Å². The molecular formula is C25H29Cl3N2. The average Bonchev–Trinajstić information content (AvgIpc) is 2.74. The molecule has 2 bridgehead atoms. The number of fused-ring (bicyclic) bond motifs is 2. The zero-order valence-electron chi connectivity index (χ0n) is 17.2. The Kier molecular flexibility index (Phi) is 6.21. The van der Waals surface area contributed by atoms with Crippen molar-refractivity contribution in [3.05, 3.63) is 63.1 Å². The number of piperazine rings is 1. The molecule has 1 aliphatic heterocycles. The maximum absolute atomic E-state index is 6.64. The number of halogens is 3. The predicted molar refractivity (Wildman–Crippen MR) is 128 cm³/mol. The highest BCUT2D eigenvalue weighted by molar-refractivity contribution is 6.36. The third kappa shape index (κ3) is 4.09. The Labute approximate surface area is 195 Å². The van der Waals surface area contributed by atoms with E-state index in [1.54, 1.807) is 0 Å². The third-order valence-electron chi connectivity index (χ3n) is 7.57. The molecule has 2 aliphatic carbocycles. The second kappa shape index (κ2) is 8.90. The lowest BCUT2D eigenvalue weighted by Gasteiger charge is -2.53. The van der Waals surface area contributed by atoms with E-state index in [0.29, 0.717) is 5.02 Å². The van der Waals surface area contributed by atoms with Gasteiger partial charge in [-0.25, -0.2) is 0 Å². The SMILES string of the molecule is Clc1ccc(C2CN(C3C4CCCC3CCC4)CCN2c2ccc(Cl)cc2Cl)cc1. The molecule has 0 radical (unpaired) electrons. The van der Waals surface area contributed by atoms with Crippen molar-refractivity contribution in [2.75, 3.05) is 24.5 Å². The Hall–Kier alpha value is -0.930. The van der Waals surface area contributed by atoms with Crippen molar-refractivity contribution in [2.45, 2.75) is 50.6 Å². The highest BCUT2D eigenvalue weighted by Gasteiger charge is 2.42. The summed E-state index contributed by atoms with van der Waals surface area (Å²) in [7, 11) is 0. The second-order valence-electron chi connectivity index (χ2n) is 9.22. The highest BCUT2D eigenvalue weighted by Crippen LogP contribution is 2.45. The zero-order valence-corrected chi connectivity index (χ0v) is 19.5. The molecular weight excluding hydrogens is 435 g/mol. The number of hydrogen-bond donors (Lipinski definition) is 0. The minimum atomic E-state index is 0.261. The lowest BCUT2D eigenvalue weighted by atomic mass is 9.67. The molecule has 1 atom stereocenters. The molecule has 3 aliphatic rings. The molecule has 2 nitrogen and oxygen atoms in total. The maximum atomic E-state index is 6.64. The summed E-state index contributed by atoms with van der Waals surface area (Å²) < 4.78 is 0. The first-order valence-corrected chi connectivity index (χ1v) is 12.4. The Balaban J connectivity index is 1.47. The monoisotopic (exact) mass is 462 g/mol. The van der Waals surface area contributed by atoms with Gasteiger partial charge in [0.2, 0.25) is 0 Å². The van der Waals surface area contributed by atoms with Crippen molar-refractivity contribution >= 4 is 40.5 Å². The summed E-state index contributed by atoms with van der Waals surface area (Å²) in [6.45, 7) is 3.11. The van der Waals surface area contributed by atoms with E-state index in [1.807, 2.05) is 24.3 Å². The standard InChI is InChI=1S/C25H29Cl3N2/c26-20-9-7-17(8-10-20)24-16-29(25-18-3-1-4-19(25)6-2-5-18)13-14-30(24)23-12-11-21(27)15-22(23)28/h7-12,15,18-19,24-25H,1-6,13-14,16H2. The van der Waals surface area contributed by atoms with Crippen LogP contribution in [0.2, 0.25) is 15.1 Å². The van der Waals surface area contributed by atoms with E-state index < -0.39 is 0 Å². The fourth-order valence-electron chi connectivity index (χ4n) is 6.28. The summed E-state index contributed by atoms with van der Waals surface area (Å²) >= 11 is 19.0. The van der Waals surface area contributed by atoms with E-state index in [0.717, 1.165) is 53.2 Å². The van der Waals surface area contributed by atoms with Crippen LogP contribution < -0.4 is 4.90 Å².